The summed E-state index contributed by atoms with van der Waals surface area (Å²) in [4.78, 5) is 0. The largest absolute Gasteiger partial charge is 0.299 e. The summed E-state index contributed by atoms with van der Waals surface area (Å²) in [6.07, 6.45) is 4.14. The second kappa shape index (κ2) is 4.62. The molecule has 13 heavy (non-hydrogen) atoms. The van der Waals surface area contributed by atoms with Gasteiger partial charge in [-0.3, -0.25) is 0 Å². The first-order chi connectivity index (χ1) is 6.04. The van der Waals surface area contributed by atoms with Crippen molar-refractivity contribution in [2.75, 3.05) is 13.1 Å². The molecule has 0 saturated carbocycles. The van der Waals surface area contributed by atoms with Crippen LogP contribution in [0.2, 0.25) is 0 Å². The Kier molecular flexibility index (Phi) is 4.01. The Bertz CT molecular complexity index is 253. The van der Waals surface area contributed by atoms with Gasteiger partial charge in [-0.05, 0) is 25.2 Å². The lowest BCUT2D eigenvalue weighted by Crippen LogP contribution is -2.28. The van der Waals surface area contributed by atoms with Crippen molar-refractivity contribution in [2.24, 2.45) is 5.92 Å². The zero-order valence-electron chi connectivity index (χ0n) is 7.87. The molecule has 1 atom stereocenters. The average Bonchev–Trinajstić information content (AvgIpc) is 2.26. The van der Waals surface area contributed by atoms with Gasteiger partial charge in [-0.25, -0.2) is 0 Å². The highest BCUT2D eigenvalue weighted by Gasteiger charge is 2.23. The van der Waals surface area contributed by atoms with Gasteiger partial charge < -0.3 is 0 Å². The van der Waals surface area contributed by atoms with Crippen LogP contribution in [0.3, 0.4) is 0 Å². The lowest BCUT2D eigenvalue weighted by atomic mass is 9.98. The van der Waals surface area contributed by atoms with Crippen molar-refractivity contribution in [1.29, 1.82) is 0 Å². The maximum atomic E-state index is 11.0. The van der Waals surface area contributed by atoms with Crippen molar-refractivity contribution >= 4 is 19.9 Å². The van der Waals surface area contributed by atoms with E-state index in [1.807, 2.05) is 0 Å². The molecule has 0 bridgehead atoms. The van der Waals surface area contributed by atoms with Crippen LogP contribution in [0.4, 0.5) is 0 Å². The van der Waals surface area contributed by atoms with E-state index < -0.39 is 9.24 Å². The standard InChI is InChI=1S/C8H16ClNO2S/c1-2-8-4-3-6-10(7-5-8)13(9,11)12/h8H,2-7H2,1H3. The highest BCUT2D eigenvalue weighted by molar-refractivity contribution is 8.11. The van der Waals surface area contributed by atoms with Crippen molar-refractivity contribution in [1.82, 2.24) is 4.31 Å². The molecule has 0 aromatic heterocycles. The molecule has 0 spiro atoms. The molecule has 78 valence electrons. The summed E-state index contributed by atoms with van der Waals surface area (Å²) in [7, 11) is 1.80. The predicted molar refractivity (Wildman–Crippen MR) is 54.0 cm³/mol. The maximum Gasteiger partial charge on any atom is 0.299 e. The van der Waals surface area contributed by atoms with E-state index in [1.54, 1.807) is 0 Å². The van der Waals surface area contributed by atoms with Gasteiger partial charge in [-0.1, -0.05) is 13.3 Å². The third-order valence-corrected chi connectivity index (χ3v) is 4.26. The van der Waals surface area contributed by atoms with E-state index >= 15 is 0 Å². The average molecular weight is 226 g/mol. The zero-order valence-corrected chi connectivity index (χ0v) is 9.44. The fourth-order valence-corrected chi connectivity index (χ4v) is 2.85. The molecular formula is C8H16ClNO2S. The maximum absolute atomic E-state index is 11.0. The van der Waals surface area contributed by atoms with Gasteiger partial charge in [0.1, 0.15) is 0 Å². The van der Waals surface area contributed by atoms with Gasteiger partial charge in [-0.15, -0.1) is 0 Å². The molecule has 0 aromatic carbocycles. The number of rotatable bonds is 2. The molecule has 0 N–H and O–H groups in total. The van der Waals surface area contributed by atoms with E-state index in [-0.39, 0.29) is 0 Å². The first-order valence-corrected chi connectivity index (χ1v) is 7.00. The van der Waals surface area contributed by atoms with Crippen molar-refractivity contribution in [2.45, 2.75) is 32.6 Å². The van der Waals surface area contributed by atoms with Gasteiger partial charge >= 0.3 is 0 Å². The lowest BCUT2D eigenvalue weighted by Gasteiger charge is -2.15. The number of hydrogen-bond donors (Lipinski definition) is 0. The minimum Gasteiger partial charge on any atom is -0.195 e. The van der Waals surface area contributed by atoms with Gasteiger partial charge in [0.05, 0.1) is 0 Å². The lowest BCUT2D eigenvalue weighted by molar-refractivity contribution is 0.415. The molecule has 0 aromatic rings. The van der Waals surface area contributed by atoms with Gasteiger partial charge in [0.2, 0.25) is 0 Å². The van der Waals surface area contributed by atoms with Crippen molar-refractivity contribution in [3.8, 4) is 0 Å². The van der Waals surface area contributed by atoms with E-state index in [0.717, 1.165) is 25.7 Å². The van der Waals surface area contributed by atoms with Crippen LogP contribution in [0.1, 0.15) is 32.6 Å². The molecule has 1 aliphatic heterocycles. The zero-order chi connectivity index (χ0) is 9.90. The summed E-state index contributed by atoms with van der Waals surface area (Å²) in [5, 5.41) is 0. The molecule has 1 saturated heterocycles. The Morgan fingerprint density at radius 3 is 2.62 bits per heavy atom. The molecule has 5 heteroatoms. The van der Waals surface area contributed by atoms with Crippen molar-refractivity contribution < 1.29 is 8.42 Å². The Hall–Kier alpha value is 0.200. The third kappa shape index (κ3) is 3.44. The summed E-state index contributed by atoms with van der Waals surface area (Å²) in [5.41, 5.74) is 0. The highest BCUT2D eigenvalue weighted by atomic mass is 35.7. The fraction of sp³-hybridized carbons (Fsp3) is 1.00. The van der Waals surface area contributed by atoms with Crippen LogP contribution in [0, 0.1) is 5.92 Å². The molecule has 1 fully saturated rings. The minimum atomic E-state index is -3.48. The second-order valence-corrected chi connectivity index (χ2v) is 6.06. The first-order valence-electron chi connectivity index (χ1n) is 4.73. The van der Waals surface area contributed by atoms with Gasteiger partial charge in [-0.2, -0.15) is 12.7 Å². The smallest absolute Gasteiger partial charge is 0.195 e. The van der Waals surface area contributed by atoms with Crippen LogP contribution in [0.25, 0.3) is 0 Å². The molecule has 0 aliphatic carbocycles. The Labute approximate surface area is 84.6 Å². The number of halogens is 1. The van der Waals surface area contributed by atoms with E-state index in [2.05, 4.69) is 6.92 Å². The van der Waals surface area contributed by atoms with Crippen LogP contribution in [0.15, 0.2) is 0 Å². The van der Waals surface area contributed by atoms with Crippen LogP contribution in [-0.2, 0) is 9.24 Å². The normalized spacial score (nSPS) is 27.1. The van der Waals surface area contributed by atoms with Gasteiger partial charge in [0.15, 0.2) is 0 Å². The monoisotopic (exact) mass is 225 g/mol. The summed E-state index contributed by atoms with van der Waals surface area (Å²) in [6.45, 7) is 3.32. The van der Waals surface area contributed by atoms with E-state index in [1.165, 1.54) is 4.31 Å². The van der Waals surface area contributed by atoms with Gasteiger partial charge in [0.25, 0.3) is 9.24 Å². The van der Waals surface area contributed by atoms with Crippen LogP contribution >= 0.6 is 10.7 Å². The van der Waals surface area contributed by atoms with Crippen molar-refractivity contribution in [3.05, 3.63) is 0 Å². The number of nitrogens with zero attached hydrogens (tertiary/aromatic N) is 1. The van der Waals surface area contributed by atoms with Crippen LogP contribution in [-0.4, -0.2) is 25.8 Å². The topological polar surface area (TPSA) is 37.4 Å². The molecular weight excluding hydrogens is 210 g/mol. The predicted octanol–water partition coefficient (Wildman–Crippen LogP) is 1.98. The van der Waals surface area contributed by atoms with Crippen LogP contribution < -0.4 is 0 Å². The van der Waals surface area contributed by atoms with Gasteiger partial charge in [0, 0.05) is 23.8 Å². The number of hydrogen-bond acceptors (Lipinski definition) is 2. The summed E-state index contributed by atoms with van der Waals surface area (Å²) < 4.78 is 23.4. The summed E-state index contributed by atoms with van der Waals surface area (Å²) in [6, 6.07) is 0. The first kappa shape index (κ1) is 11.3. The molecule has 1 unspecified atom stereocenters. The van der Waals surface area contributed by atoms with Crippen LogP contribution in [0.5, 0.6) is 0 Å². The molecule has 1 aliphatic rings. The SMILES string of the molecule is CCC1CCCN(S(=O)(=O)Cl)CC1. The van der Waals surface area contributed by atoms with E-state index in [9.17, 15) is 8.42 Å². The molecule has 1 heterocycles. The fourth-order valence-electron chi connectivity index (χ4n) is 1.77. The molecule has 0 amide bonds. The van der Waals surface area contributed by atoms with E-state index in [4.69, 9.17) is 10.7 Å². The Balaban J connectivity index is 2.55. The van der Waals surface area contributed by atoms with Crippen molar-refractivity contribution in [3.63, 3.8) is 0 Å². The molecule has 0 radical (unpaired) electrons. The highest BCUT2D eigenvalue weighted by Crippen LogP contribution is 2.22. The molecule has 1 rings (SSSR count). The molecule has 3 nitrogen and oxygen atoms in total. The minimum absolute atomic E-state index is 0.586. The second-order valence-electron chi connectivity index (χ2n) is 3.55. The quantitative estimate of drug-likeness (QED) is 0.674. The third-order valence-electron chi connectivity index (χ3n) is 2.69. The summed E-state index contributed by atoms with van der Waals surface area (Å²) >= 11 is 0. The summed E-state index contributed by atoms with van der Waals surface area (Å²) in [5.74, 6) is 0.670. The van der Waals surface area contributed by atoms with E-state index in [0.29, 0.717) is 19.0 Å². The Morgan fingerprint density at radius 2 is 2.08 bits per heavy atom. The Morgan fingerprint density at radius 1 is 1.38 bits per heavy atom.